The molecule has 0 radical (unpaired) electrons. The first kappa shape index (κ1) is 18.1. The van der Waals surface area contributed by atoms with E-state index in [2.05, 4.69) is 0 Å². The van der Waals surface area contributed by atoms with Crippen molar-refractivity contribution in [2.75, 3.05) is 0 Å². The molecule has 0 heterocycles. The van der Waals surface area contributed by atoms with Crippen molar-refractivity contribution in [2.24, 2.45) is 11.7 Å². The summed E-state index contributed by atoms with van der Waals surface area (Å²) < 4.78 is 51.3. The Morgan fingerprint density at radius 2 is 1.74 bits per heavy atom. The SMILES string of the molecule is CC(C)[C@@H](O)[C@@H](N)c1cc(F)ccc1C(F)(F)F.Cl. The zero-order valence-electron chi connectivity index (χ0n) is 10.4. The van der Waals surface area contributed by atoms with E-state index in [-0.39, 0.29) is 18.3 Å². The Bertz CT molecular complexity index is 423. The number of aliphatic hydroxyl groups excluding tert-OH is 1. The number of alkyl halides is 3. The fraction of sp³-hybridized carbons (Fsp3) is 0.500. The molecule has 19 heavy (non-hydrogen) atoms. The second kappa shape index (κ2) is 6.54. The third-order valence-corrected chi connectivity index (χ3v) is 2.73. The van der Waals surface area contributed by atoms with Gasteiger partial charge in [-0.25, -0.2) is 4.39 Å². The molecule has 2 atom stereocenters. The lowest BCUT2D eigenvalue weighted by Gasteiger charge is -2.25. The third kappa shape index (κ3) is 4.33. The van der Waals surface area contributed by atoms with Crippen molar-refractivity contribution in [2.45, 2.75) is 32.2 Å². The first-order valence-corrected chi connectivity index (χ1v) is 5.45. The van der Waals surface area contributed by atoms with E-state index in [9.17, 15) is 22.7 Å². The van der Waals surface area contributed by atoms with Crippen molar-refractivity contribution >= 4 is 12.4 Å². The standard InChI is InChI=1S/C12H15F4NO.ClH/c1-6(2)11(18)10(17)8-5-7(13)3-4-9(8)12(14,15)16;/h3-6,10-11,18H,17H2,1-2H3;1H/t10-,11+;/m0./s1. The van der Waals surface area contributed by atoms with Crippen LogP contribution in [0.4, 0.5) is 17.6 Å². The molecule has 0 amide bonds. The predicted molar refractivity (Wildman–Crippen MR) is 66.4 cm³/mol. The summed E-state index contributed by atoms with van der Waals surface area (Å²) in [4.78, 5) is 0. The van der Waals surface area contributed by atoms with E-state index in [1.807, 2.05) is 0 Å². The summed E-state index contributed by atoms with van der Waals surface area (Å²) in [6, 6.07) is 0.801. The molecule has 0 unspecified atom stereocenters. The van der Waals surface area contributed by atoms with Crippen LogP contribution in [0.5, 0.6) is 0 Å². The zero-order chi connectivity index (χ0) is 14.1. The Morgan fingerprint density at radius 3 is 2.16 bits per heavy atom. The second-order valence-corrected chi connectivity index (χ2v) is 4.49. The van der Waals surface area contributed by atoms with Crippen LogP contribution in [0.3, 0.4) is 0 Å². The minimum absolute atomic E-state index is 0. The Labute approximate surface area is 115 Å². The number of rotatable bonds is 3. The highest BCUT2D eigenvalue weighted by Gasteiger charge is 2.36. The Morgan fingerprint density at radius 1 is 1.21 bits per heavy atom. The van der Waals surface area contributed by atoms with E-state index in [1.54, 1.807) is 13.8 Å². The maximum absolute atomic E-state index is 13.1. The van der Waals surface area contributed by atoms with Crippen LogP contribution in [0.15, 0.2) is 18.2 Å². The highest BCUT2D eigenvalue weighted by Crippen LogP contribution is 2.35. The van der Waals surface area contributed by atoms with Gasteiger partial charge in [0.05, 0.1) is 17.7 Å². The maximum atomic E-state index is 13.1. The van der Waals surface area contributed by atoms with Gasteiger partial charge in [-0.1, -0.05) is 13.8 Å². The second-order valence-electron chi connectivity index (χ2n) is 4.49. The minimum atomic E-state index is -4.63. The summed E-state index contributed by atoms with van der Waals surface area (Å²) in [5, 5.41) is 9.71. The molecule has 0 bridgehead atoms. The first-order valence-electron chi connectivity index (χ1n) is 5.45. The molecule has 0 aromatic heterocycles. The maximum Gasteiger partial charge on any atom is 0.416 e. The van der Waals surface area contributed by atoms with Crippen LogP contribution in [-0.2, 0) is 6.18 Å². The van der Waals surface area contributed by atoms with Gasteiger partial charge in [0.15, 0.2) is 0 Å². The summed E-state index contributed by atoms with van der Waals surface area (Å²) in [5.74, 6) is -1.14. The molecule has 0 aliphatic carbocycles. The highest BCUT2D eigenvalue weighted by atomic mass is 35.5. The van der Waals surface area contributed by atoms with Gasteiger partial charge in [-0.05, 0) is 29.7 Å². The largest absolute Gasteiger partial charge is 0.416 e. The topological polar surface area (TPSA) is 46.2 Å². The van der Waals surface area contributed by atoms with Crippen LogP contribution in [0.25, 0.3) is 0 Å². The molecule has 0 fully saturated rings. The van der Waals surface area contributed by atoms with Crippen LogP contribution in [0.1, 0.15) is 31.0 Å². The number of benzene rings is 1. The summed E-state index contributed by atoms with van der Waals surface area (Å²) >= 11 is 0. The zero-order valence-corrected chi connectivity index (χ0v) is 11.2. The molecule has 0 aliphatic heterocycles. The first-order chi connectivity index (χ1) is 8.14. The summed E-state index contributed by atoms with van der Waals surface area (Å²) in [7, 11) is 0. The number of nitrogens with two attached hydrogens (primary N) is 1. The van der Waals surface area contributed by atoms with Crippen molar-refractivity contribution in [3.63, 3.8) is 0 Å². The van der Waals surface area contributed by atoms with E-state index < -0.39 is 35.3 Å². The normalized spacial score (nSPS) is 15.0. The van der Waals surface area contributed by atoms with Crippen molar-refractivity contribution < 1.29 is 22.7 Å². The quantitative estimate of drug-likeness (QED) is 0.842. The van der Waals surface area contributed by atoms with Gasteiger partial charge in [-0.15, -0.1) is 12.4 Å². The summed E-state index contributed by atoms with van der Waals surface area (Å²) in [6.45, 7) is 3.24. The molecule has 2 nitrogen and oxygen atoms in total. The van der Waals surface area contributed by atoms with E-state index in [0.717, 1.165) is 12.1 Å². The number of halogens is 5. The van der Waals surface area contributed by atoms with Crippen LogP contribution >= 0.6 is 12.4 Å². The Balaban J connectivity index is 0.00000324. The van der Waals surface area contributed by atoms with Gasteiger partial charge in [0.2, 0.25) is 0 Å². The number of aliphatic hydroxyl groups is 1. The Kier molecular flexibility index (Phi) is 6.25. The molecular formula is C12H16ClF4NO. The van der Waals surface area contributed by atoms with Gasteiger partial charge in [-0.2, -0.15) is 13.2 Å². The molecular weight excluding hydrogens is 286 g/mol. The average molecular weight is 302 g/mol. The molecule has 0 saturated heterocycles. The predicted octanol–water partition coefficient (Wildman–Crippen LogP) is 3.28. The van der Waals surface area contributed by atoms with Gasteiger partial charge in [0.1, 0.15) is 5.82 Å². The highest BCUT2D eigenvalue weighted by molar-refractivity contribution is 5.85. The fourth-order valence-electron chi connectivity index (χ4n) is 1.67. The van der Waals surface area contributed by atoms with Gasteiger partial charge in [-0.3, -0.25) is 0 Å². The van der Waals surface area contributed by atoms with Gasteiger partial charge < -0.3 is 10.8 Å². The molecule has 110 valence electrons. The molecule has 0 aliphatic rings. The van der Waals surface area contributed by atoms with E-state index in [4.69, 9.17) is 5.73 Å². The van der Waals surface area contributed by atoms with E-state index in [1.165, 1.54) is 0 Å². The van der Waals surface area contributed by atoms with Crippen LogP contribution in [0.2, 0.25) is 0 Å². The summed E-state index contributed by atoms with van der Waals surface area (Å²) in [5.41, 5.74) is 4.14. The lowest BCUT2D eigenvalue weighted by Crippen LogP contribution is -2.32. The van der Waals surface area contributed by atoms with E-state index >= 15 is 0 Å². The van der Waals surface area contributed by atoms with Crippen LogP contribution in [-0.4, -0.2) is 11.2 Å². The third-order valence-electron chi connectivity index (χ3n) is 2.73. The molecule has 0 saturated carbocycles. The molecule has 7 heteroatoms. The lowest BCUT2D eigenvalue weighted by molar-refractivity contribution is -0.138. The van der Waals surface area contributed by atoms with Crippen LogP contribution in [0, 0.1) is 11.7 Å². The van der Waals surface area contributed by atoms with Crippen molar-refractivity contribution in [3.05, 3.63) is 35.1 Å². The molecule has 0 spiro atoms. The van der Waals surface area contributed by atoms with Crippen LogP contribution < -0.4 is 5.73 Å². The Hall–Kier alpha value is -0.850. The van der Waals surface area contributed by atoms with Crippen molar-refractivity contribution in [1.82, 2.24) is 0 Å². The van der Waals surface area contributed by atoms with Crippen molar-refractivity contribution in [3.8, 4) is 0 Å². The summed E-state index contributed by atoms with van der Waals surface area (Å²) in [6.07, 6.45) is -5.80. The molecule has 1 aromatic carbocycles. The van der Waals surface area contributed by atoms with Gasteiger partial charge in [0, 0.05) is 0 Å². The average Bonchev–Trinajstić information content (AvgIpc) is 2.25. The molecule has 3 N–H and O–H groups in total. The number of hydrogen-bond acceptors (Lipinski definition) is 2. The number of hydrogen-bond donors (Lipinski definition) is 2. The minimum Gasteiger partial charge on any atom is -0.391 e. The fourth-order valence-corrected chi connectivity index (χ4v) is 1.67. The molecule has 1 aromatic rings. The van der Waals surface area contributed by atoms with Crippen molar-refractivity contribution in [1.29, 1.82) is 0 Å². The monoisotopic (exact) mass is 301 g/mol. The van der Waals surface area contributed by atoms with Gasteiger partial charge >= 0.3 is 6.18 Å². The molecule has 1 rings (SSSR count). The van der Waals surface area contributed by atoms with Gasteiger partial charge in [0.25, 0.3) is 0 Å². The van der Waals surface area contributed by atoms with E-state index in [0.29, 0.717) is 6.07 Å². The smallest absolute Gasteiger partial charge is 0.391 e. The lowest BCUT2D eigenvalue weighted by atomic mass is 9.91.